The van der Waals surface area contributed by atoms with Gasteiger partial charge in [0, 0.05) is 18.9 Å². The Morgan fingerprint density at radius 2 is 2.04 bits per heavy atom. The van der Waals surface area contributed by atoms with Crippen LogP contribution in [0, 0.1) is 34.5 Å². The van der Waals surface area contributed by atoms with Crippen LogP contribution in [0.2, 0.25) is 0 Å². The number of carbonyl (C=O) groups excluding carboxylic acids is 1. The summed E-state index contributed by atoms with van der Waals surface area (Å²) in [5, 5.41) is 10.5. The normalized spacial score (nSPS) is 52.5. The standard InChI is InChI=1S/C22H34O3/c1-5-25-19-12-22(4)14(10-17(19)23)7-8-15-16-9-6-13(2)21(16,3)11-18(24)20(15)22/h14-17,19-20,23H,2,5-12H2,1,3-4H3/t14?,15-,16-,17?,19?,20-,21+,22-/m0/s1. The van der Waals surface area contributed by atoms with Gasteiger partial charge in [0.2, 0.25) is 0 Å². The molecule has 0 amide bonds. The number of rotatable bonds is 2. The number of ketones is 1. The maximum absolute atomic E-state index is 13.4. The number of aliphatic hydroxyl groups is 1. The van der Waals surface area contributed by atoms with Crippen LogP contribution < -0.4 is 0 Å². The molecular formula is C22H34O3. The summed E-state index contributed by atoms with van der Waals surface area (Å²) in [5.41, 5.74) is 1.34. The molecule has 0 aromatic rings. The molecule has 4 aliphatic rings. The third kappa shape index (κ3) is 2.41. The summed E-state index contributed by atoms with van der Waals surface area (Å²) < 4.78 is 5.87. The lowest BCUT2D eigenvalue weighted by atomic mass is 9.44. The molecule has 3 unspecified atom stereocenters. The van der Waals surface area contributed by atoms with Gasteiger partial charge in [0.05, 0.1) is 12.2 Å². The average Bonchev–Trinajstić information content (AvgIpc) is 2.83. The number of allylic oxidation sites excluding steroid dienone is 1. The largest absolute Gasteiger partial charge is 0.390 e. The molecule has 4 fully saturated rings. The zero-order valence-corrected chi connectivity index (χ0v) is 16.1. The van der Waals surface area contributed by atoms with E-state index in [0.29, 0.717) is 36.6 Å². The van der Waals surface area contributed by atoms with E-state index in [1.54, 1.807) is 0 Å². The lowest BCUT2D eigenvalue weighted by Crippen LogP contribution is -2.59. The van der Waals surface area contributed by atoms with E-state index in [0.717, 1.165) is 32.1 Å². The Morgan fingerprint density at radius 3 is 2.76 bits per heavy atom. The molecule has 0 saturated heterocycles. The van der Waals surface area contributed by atoms with Crippen molar-refractivity contribution in [3.63, 3.8) is 0 Å². The Bertz CT molecular complexity index is 584. The van der Waals surface area contributed by atoms with Crippen molar-refractivity contribution < 1.29 is 14.6 Å². The number of Topliss-reactive ketones (excluding diaryl/α,β-unsaturated/α-hetero) is 1. The van der Waals surface area contributed by atoms with E-state index in [1.165, 1.54) is 12.0 Å². The summed E-state index contributed by atoms with van der Waals surface area (Å²) in [6.45, 7) is 11.6. The van der Waals surface area contributed by atoms with Crippen molar-refractivity contribution in [2.24, 2.45) is 34.5 Å². The minimum absolute atomic E-state index is 0.00960. The maximum atomic E-state index is 13.4. The molecule has 0 radical (unpaired) electrons. The molecule has 25 heavy (non-hydrogen) atoms. The predicted molar refractivity (Wildman–Crippen MR) is 98.1 cm³/mol. The molecule has 140 valence electrons. The third-order valence-electron chi connectivity index (χ3n) is 8.68. The Morgan fingerprint density at radius 1 is 1.28 bits per heavy atom. The molecule has 0 bridgehead atoms. The third-order valence-corrected chi connectivity index (χ3v) is 8.68. The van der Waals surface area contributed by atoms with Crippen LogP contribution in [-0.4, -0.2) is 29.7 Å². The first-order chi connectivity index (χ1) is 11.8. The minimum Gasteiger partial charge on any atom is -0.390 e. The number of hydrogen-bond donors (Lipinski definition) is 1. The molecule has 3 heteroatoms. The van der Waals surface area contributed by atoms with E-state index in [-0.39, 0.29) is 29.0 Å². The summed E-state index contributed by atoms with van der Waals surface area (Å²) in [5.74, 6) is 2.21. The van der Waals surface area contributed by atoms with Gasteiger partial charge in [-0.1, -0.05) is 26.0 Å². The van der Waals surface area contributed by atoms with E-state index >= 15 is 0 Å². The highest BCUT2D eigenvalue weighted by atomic mass is 16.5. The number of fused-ring (bicyclic) bond motifs is 5. The number of carbonyl (C=O) groups is 1. The molecule has 0 heterocycles. The molecular weight excluding hydrogens is 312 g/mol. The number of aliphatic hydroxyl groups excluding tert-OH is 1. The summed E-state index contributed by atoms with van der Waals surface area (Å²) in [6, 6.07) is 0. The molecule has 4 saturated carbocycles. The van der Waals surface area contributed by atoms with Crippen molar-refractivity contribution in [2.75, 3.05) is 6.61 Å². The molecule has 0 aliphatic heterocycles. The van der Waals surface area contributed by atoms with Crippen molar-refractivity contribution in [3.05, 3.63) is 12.2 Å². The van der Waals surface area contributed by atoms with Crippen molar-refractivity contribution in [3.8, 4) is 0 Å². The lowest BCUT2D eigenvalue weighted by molar-refractivity contribution is -0.175. The van der Waals surface area contributed by atoms with Gasteiger partial charge in [-0.25, -0.2) is 0 Å². The minimum atomic E-state index is -0.371. The monoisotopic (exact) mass is 346 g/mol. The molecule has 3 nitrogen and oxygen atoms in total. The van der Waals surface area contributed by atoms with E-state index in [4.69, 9.17) is 4.74 Å². The Balaban J connectivity index is 1.67. The van der Waals surface area contributed by atoms with E-state index < -0.39 is 0 Å². The Hall–Kier alpha value is -0.670. The maximum Gasteiger partial charge on any atom is 0.137 e. The van der Waals surface area contributed by atoms with Gasteiger partial charge in [-0.05, 0) is 74.0 Å². The van der Waals surface area contributed by atoms with E-state index in [9.17, 15) is 9.90 Å². The van der Waals surface area contributed by atoms with Crippen LogP contribution in [0.25, 0.3) is 0 Å². The zero-order chi connectivity index (χ0) is 18.0. The number of ether oxygens (including phenoxy) is 1. The van der Waals surface area contributed by atoms with Gasteiger partial charge in [-0.3, -0.25) is 4.79 Å². The van der Waals surface area contributed by atoms with Crippen molar-refractivity contribution in [2.45, 2.75) is 77.9 Å². The fourth-order valence-electron chi connectivity index (χ4n) is 7.36. The first kappa shape index (κ1) is 17.7. The van der Waals surface area contributed by atoms with Crippen LogP contribution in [0.4, 0.5) is 0 Å². The predicted octanol–water partition coefficient (Wildman–Crippen LogP) is 4.14. The van der Waals surface area contributed by atoms with Gasteiger partial charge in [0.15, 0.2) is 0 Å². The smallest absolute Gasteiger partial charge is 0.137 e. The highest BCUT2D eigenvalue weighted by Gasteiger charge is 2.62. The summed E-state index contributed by atoms with van der Waals surface area (Å²) in [6.07, 6.45) is 6.45. The molecule has 0 aromatic carbocycles. The molecule has 8 atom stereocenters. The van der Waals surface area contributed by atoms with Gasteiger partial charge in [0.1, 0.15) is 5.78 Å². The molecule has 0 spiro atoms. The first-order valence-electron chi connectivity index (χ1n) is 10.3. The van der Waals surface area contributed by atoms with Gasteiger partial charge in [-0.2, -0.15) is 0 Å². The highest BCUT2D eigenvalue weighted by molar-refractivity contribution is 5.85. The SMILES string of the molecule is C=C1CC[C@H]2[C@@H]3CCC4CC(O)C(OCC)C[C@]4(C)[C@@H]3C(=O)C[C@]12C. The summed E-state index contributed by atoms with van der Waals surface area (Å²) >= 11 is 0. The Kier molecular flexibility index (Phi) is 4.20. The molecule has 4 aliphatic carbocycles. The second-order valence-electron chi connectivity index (χ2n) is 9.73. The van der Waals surface area contributed by atoms with Crippen LogP contribution in [0.5, 0.6) is 0 Å². The van der Waals surface area contributed by atoms with Gasteiger partial charge < -0.3 is 9.84 Å². The van der Waals surface area contributed by atoms with Crippen LogP contribution in [0.3, 0.4) is 0 Å². The van der Waals surface area contributed by atoms with Crippen molar-refractivity contribution in [1.29, 1.82) is 0 Å². The fourth-order valence-corrected chi connectivity index (χ4v) is 7.36. The highest BCUT2D eigenvalue weighted by Crippen LogP contribution is 2.66. The van der Waals surface area contributed by atoms with Crippen molar-refractivity contribution >= 4 is 5.78 Å². The van der Waals surface area contributed by atoms with E-state index in [1.807, 2.05) is 6.92 Å². The van der Waals surface area contributed by atoms with Crippen LogP contribution in [-0.2, 0) is 9.53 Å². The fraction of sp³-hybridized carbons (Fsp3) is 0.864. The van der Waals surface area contributed by atoms with Crippen LogP contribution >= 0.6 is 0 Å². The second-order valence-corrected chi connectivity index (χ2v) is 9.73. The molecule has 0 aromatic heterocycles. The van der Waals surface area contributed by atoms with Crippen LogP contribution in [0.1, 0.15) is 65.7 Å². The van der Waals surface area contributed by atoms with E-state index in [2.05, 4.69) is 20.4 Å². The quantitative estimate of drug-likeness (QED) is 0.764. The Labute approximate surface area is 152 Å². The molecule has 1 N–H and O–H groups in total. The topological polar surface area (TPSA) is 46.5 Å². The van der Waals surface area contributed by atoms with Gasteiger partial charge in [-0.15, -0.1) is 0 Å². The van der Waals surface area contributed by atoms with Crippen LogP contribution in [0.15, 0.2) is 12.2 Å². The van der Waals surface area contributed by atoms with Gasteiger partial charge >= 0.3 is 0 Å². The van der Waals surface area contributed by atoms with Crippen molar-refractivity contribution in [1.82, 2.24) is 0 Å². The zero-order valence-electron chi connectivity index (χ0n) is 16.1. The van der Waals surface area contributed by atoms with Gasteiger partial charge in [0.25, 0.3) is 0 Å². The lowest BCUT2D eigenvalue weighted by Gasteiger charge is -2.60. The first-order valence-corrected chi connectivity index (χ1v) is 10.3. The average molecular weight is 347 g/mol. The summed E-state index contributed by atoms with van der Waals surface area (Å²) in [4.78, 5) is 13.4. The second kappa shape index (κ2) is 5.92. The number of hydrogen-bond acceptors (Lipinski definition) is 3. The summed E-state index contributed by atoms with van der Waals surface area (Å²) in [7, 11) is 0. The molecule has 4 rings (SSSR count).